The number of hydrogen-bond acceptors (Lipinski definition) is 2. The van der Waals surface area contributed by atoms with E-state index in [1.165, 1.54) is 6.07 Å². The molecule has 0 aliphatic heterocycles. The number of pyridine rings is 1. The molecule has 0 spiro atoms. The molecular weight excluding hydrogens is 230 g/mol. The zero-order chi connectivity index (χ0) is 11.9. The number of nitrogens with one attached hydrogen (secondary N) is 1. The number of aryl methyl sites for hydroxylation is 1. The maximum atomic E-state index is 11.5. The van der Waals surface area contributed by atoms with Gasteiger partial charge >= 0.3 is 5.97 Å². The average Bonchev–Trinajstić information content (AvgIpc) is 2.23. The monoisotopic (exact) mass is 237 g/mol. The van der Waals surface area contributed by atoms with E-state index in [0.29, 0.717) is 15.9 Å². The fourth-order valence-electron chi connectivity index (χ4n) is 1.55. The number of carboxylic acid groups (broad SMARTS) is 1. The van der Waals surface area contributed by atoms with E-state index in [-0.39, 0.29) is 5.56 Å². The molecule has 0 aliphatic rings. The van der Waals surface area contributed by atoms with Gasteiger partial charge in [-0.25, -0.2) is 4.79 Å². The normalized spacial score (nSPS) is 10.6. The minimum Gasteiger partial charge on any atom is -0.477 e. The fraction of sp³-hybridized carbons (Fsp3) is 0.0909. The van der Waals surface area contributed by atoms with Gasteiger partial charge in [0.2, 0.25) is 0 Å². The van der Waals surface area contributed by atoms with Crippen LogP contribution in [0.1, 0.15) is 15.9 Å². The lowest BCUT2D eigenvalue weighted by Crippen LogP contribution is -2.17. The summed E-state index contributed by atoms with van der Waals surface area (Å²) in [6.45, 7) is 1.76. The van der Waals surface area contributed by atoms with Crippen LogP contribution in [0.2, 0.25) is 5.02 Å². The predicted octanol–water partition coefficient (Wildman–Crippen LogP) is 2.19. The topological polar surface area (TPSA) is 70.2 Å². The zero-order valence-electron chi connectivity index (χ0n) is 8.37. The number of carbonyl (C=O) groups is 1. The second kappa shape index (κ2) is 3.64. The van der Waals surface area contributed by atoms with Gasteiger partial charge in [-0.05, 0) is 30.0 Å². The molecule has 0 atom stereocenters. The Hall–Kier alpha value is -1.81. The van der Waals surface area contributed by atoms with Crippen LogP contribution in [0.4, 0.5) is 0 Å². The van der Waals surface area contributed by atoms with Gasteiger partial charge in [-0.1, -0.05) is 17.7 Å². The number of fused-ring (bicyclic) bond motifs is 1. The van der Waals surface area contributed by atoms with Gasteiger partial charge in [0.25, 0.3) is 5.56 Å². The number of hydrogen-bond donors (Lipinski definition) is 2. The lowest BCUT2D eigenvalue weighted by atomic mass is 10.1. The summed E-state index contributed by atoms with van der Waals surface area (Å²) in [5.74, 6) is -1.24. The minimum absolute atomic E-state index is 0.269. The average molecular weight is 238 g/mol. The van der Waals surface area contributed by atoms with E-state index in [0.717, 1.165) is 5.56 Å². The van der Waals surface area contributed by atoms with E-state index >= 15 is 0 Å². The molecule has 2 N–H and O–H groups in total. The molecule has 1 heterocycles. The minimum atomic E-state index is -1.24. The molecule has 5 heteroatoms. The summed E-state index contributed by atoms with van der Waals surface area (Å²) >= 11 is 5.90. The van der Waals surface area contributed by atoms with Crippen LogP contribution in [0.3, 0.4) is 0 Å². The first kappa shape index (κ1) is 10.7. The standard InChI is InChI=1S/C11H8ClNO3/c1-5-8(12)3-2-6-4-7(11(15)16)10(14)13-9(5)6/h2-4H,1H3,(H,13,14)(H,15,16). The van der Waals surface area contributed by atoms with Gasteiger partial charge in [0.15, 0.2) is 0 Å². The number of carboxylic acids is 1. The number of aromatic nitrogens is 1. The molecule has 0 radical (unpaired) electrons. The second-order valence-electron chi connectivity index (χ2n) is 3.45. The summed E-state index contributed by atoms with van der Waals surface area (Å²) < 4.78 is 0. The molecule has 1 aromatic carbocycles. The lowest BCUT2D eigenvalue weighted by molar-refractivity contribution is 0.0695. The summed E-state index contributed by atoms with van der Waals surface area (Å²) in [4.78, 5) is 24.8. The first-order valence-electron chi connectivity index (χ1n) is 4.56. The van der Waals surface area contributed by atoms with E-state index in [2.05, 4.69) is 4.98 Å². The van der Waals surface area contributed by atoms with Gasteiger partial charge < -0.3 is 10.1 Å². The molecule has 0 unspecified atom stereocenters. The van der Waals surface area contributed by atoms with Crippen molar-refractivity contribution in [3.05, 3.63) is 44.7 Å². The van der Waals surface area contributed by atoms with Crippen molar-refractivity contribution < 1.29 is 9.90 Å². The third-order valence-corrected chi connectivity index (χ3v) is 2.85. The molecule has 2 rings (SSSR count). The van der Waals surface area contributed by atoms with Crippen LogP contribution < -0.4 is 5.56 Å². The molecule has 2 aromatic rings. The Bertz CT molecular complexity index is 645. The quantitative estimate of drug-likeness (QED) is 0.799. The van der Waals surface area contributed by atoms with Crippen LogP contribution >= 0.6 is 11.6 Å². The Morgan fingerprint density at radius 1 is 1.44 bits per heavy atom. The molecule has 4 nitrogen and oxygen atoms in total. The van der Waals surface area contributed by atoms with Crippen molar-refractivity contribution in [1.82, 2.24) is 4.98 Å². The fourth-order valence-corrected chi connectivity index (χ4v) is 1.71. The van der Waals surface area contributed by atoms with E-state index in [1.807, 2.05) is 0 Å². The highest BCUT2D eigenvalue weighted by Gasteiger charge is 2.11. The molecule has 0 amide bonds. The van der Waals surface area contributed by atoms with E-state index in [9.17, 15) is 9.59 Å². The summed E-state index contributed by atoms with van der Waals surface area (Å²) in [5.41, 5.74) is 0.412. The number of aromatic carboxylic acids is 1. The van der Waals surface area contributed by atoms with Crippen molar-refractivity contribution in [2.24, 2.45) is 0 Å². The van der Waals surface area contributed by atoms with E-state index in [1.54, 1.807) is 19.1 Å². The highest BCUT2D eigenvalue weighted by Crippen LogP contribution is 2.23. The highest BCUT2D eigenvalue weighted by atomic mass is 35.5. The van der Waals surface area contributed by atoms with Gasteiger partial charge in [0.05, 0.1) is 5.52 Å². The molecular formula is C11H8ClNO3. The molecule has 0 fully saturated rings. The molecule has 0 saturated carbocycles. The third-order valence-electron chi connectivity index (χ3n) is 2.44. The van der Waals surface area contributed by atoms with Crippen molar-refractivity contribution in [2.75, 3.05) is 0 Å². The van der Waals surface area contributed by atoms with Crippen LogP contribution in [0, 0.1) is 6.92 Å². The molecule has 1 aromatic heterocycles. The molecule has 16 heavy (non-hydrogen) atoms. The zero-order valence-corrected chi connectivity index (χ0v) is 9.13. The third kappa shape index (κ3) is 1.57. The van der Waals surface area contributed by atoms with Gasteiger partial charge in [0.1, 0.15) is 5.56 Å². The van der Waals surface area contributed by atoms with Crippen molar-refractivity contribution in [3.8, 4) is 0 Å². The number of aromatic amines is 1. The predicted molar refractivity (Wildman–Crippen MR) is 61.3 cm³/mol. The Labute approximate surface area is 95.5 Å². The molecule has 82 valence electrons. The van der Waals surface area contributed by atoms with Crippen LogP contribution in [-0.2, 0) is 0 Å². The molecule has 0 saturated heterocycles. The van der Waals surface area contributed by atoms with Crippen LogP contribution in [0.25, 0.3) is 10.9 Å². The van der Waals surface area contributed by atoms with E-state index in [4.69, 9.17) is 16.7 Å². The first-order valence-corrected chi connectivity index (χ1v) is 4.94. The lowest BCUT2D eigenvalue weighted by Gasteiger charge is -2.04. The van der Waals surface area contributed by atoms with Crippen molar-refractivity contribution in [3.63, 3.8) is 0 Å². The van der Waals surface area contributed by atoms with Crippen molar-refractivity contribution >= 4 is 28.5 Å². The maximum absolute atomic E-state index is 11.5. The number of rotatable bonds is 1. The summed E-state index contributed by atoms with van der Waals surface area (Å²) in [6.07, 6.45) is 0. The molecule has 0 aliphatic carbocycles. The van der Waals surface area contributed by atoms with Gasteiger partial charge in [-0.15, -0.1) is 0 Å². The molecule has 0 bridgehead atoms. The maximum Gasteiger partial charge on any atom is 0.341 e. The summed E-state index contributed by atoms with van der Waals surface area (Å²) in [7, 11) is 0. The van der Waals surface area contributed by atoms with Crippen LogP contribution in [-0.4, -0.2) is 16.1 Å². The van der Waals surface area contributed by atoms with Gasteiger partial charge in [-0.2, -0.15) is 0 Å². The number of halogens is 1. The summed E-state index contributed by atoms with van der Waals surface area (Å²) in [5, 5.41) is 9.99. The number of H-pyrrole nitrogens is 1. The highest BCUT2D eigenvalue weighted by molar-refractivity contribution is 6.32. The Kier molecular flexibility index (Phi) is 2.44. The van der Waals surface area contributed by atoms with E-state index < -0.39 is 11.5 Å². The second-order valence-corrected chi connectivity index (χ2v) is 3.86. The van der Waals surface area contributed by atoms with Crippen LogP contribution in [0.15, 0.2) is 23.0 Å². The van der Waals surface area contributed by atoms with Crippen molar-refractivity contribution in [2.45, 2.75) is 6.92 Å². The Morgan fingerprint density at radius 3 is 2.75 bits per heavy atom. The number of benzene rings is 1. The first-order chi connectivity index (χ1) is 7.50. The SMILES string of the molecule is Cc1c(Cl)ccc2cc(C(=O)O)c(=O)[nH]c12. The Balaban J connectivity index is 2.89. The Morgan fingerprint density at radius 2 is 2.12 bits per heavy atom. The van der Waals surface area contributed by atoms with Crippen molar-refractivity contribution in [1.29, 1.82) is 0 Å². The smallest absolute Gasteiger partial charge is 0.341 e. The summed E-state index contributed by atoms with van der Waals surface area (Å²) in [6, 6.07) is 4.69. The largest absolute Gasteiger partial charge is 0.477 e. The van der Waals surface area contributed by atoms with Crippen LogP contribution in [0.5, 0.6) is 0 Å². The van der Waals surface area contributed by atoms with Gasteiger partial charge in [-0.3, -0.25) is 4.79 Å². The van der Waals surface area contributed by atoms with Gasteiger partial charge in [0, 0.05) is 5.02 Å².